The largest absolute Gasteiger partial charge is 0.360 e. The molecule has 0 spiro atoms. The van der Waals surface area contributed by atoms with Crippen LogP contribution in [0.25, 0.3) is 10.9 Å². The lowest BCUT2D eigenvalue weighted by Crippen LogP contribution is -2.02. The zero-order chi connectivity index (χ0) is 7.84. The summed E-state index contributed by atoms with van der Waals surface area (Å²) in [6, 6.07) is 1.77. The van der Waals surface area contributed by atoms with Gasteiger partial charge in [-0.2, -0.15) is 0 Å². The van der Waals surface area contributed by atoms with E-state index in [0.29, 0.717) is 10.4 Å². The number of pyridine rings is 1. The maximum absolute atomic E-state index is 11.1. The van der Waals surface area contributed by atoms with Crippen molar-refractivity contribution in [3.8, 4) is 0 Å². The highest BCUT2D eigenvalue weighted by Gasteiger charge is 2.02. The van der Waals surface area contributed by atoms with Crippen molar-refractivity contribution in [2.45, 2.75) is 0 Å². The van der Waals surface area contributed by atoms with Gasteiger partial charge in [-0.25, -0.2) is 0 Å². The molecule has 0 aliphatic rings. The van der Waals surface area contributed by atoms with Crippen LogP contribution in [0.1, 0.15) is 0 Å². The predicted molar refractivity (Wildman–Crippen MR) is 43.9 cm³/mol. The molecule has 3 nitrogen and oxygen atoms in total. The standard InChI is InChI=1S/C7H5ClN2O/c8-4-3-10-5-1-2-9-7(11)6(4)5/h1-3,10H,(H,9,11). The molecule has 0 radical (unpaired) electrons. The molecule has 11 heavy (non-hydrogen) atoms. The minimum Gasteiger partial charge on any atom is -0.360 e. The number of aromatic nitrogens is 2. The molecule has 2 N–H and O–H groups in total. The molecule has 0 amide bonds. The van der Waals surface area contributed by atoms with E-state index in [1.165, 1.54) is 0 Å². The van der Waals surface area contributed by atoms with Crippen LogP contribution >= 0.6 is 11.6 Å². The Bertz CT molecular complexity index is 443. The maximum Gasteiger partial charge on any atom is 0.258 e. The average Bonchev–Trinajstić information content (AvgIpc) is 2.34. The summed E-state index contributed by atoms with van der Waals surface area (Å²) in [6.45, 7) is 0. The monoisotopic (exact) mass is 168 g/mol. The van der Waals surface area contributed by atoms with Gasteiger partial charge in [0, 0.05) is 12.4 Å². The van der Waals surface area contributed by atoms with E-state index < -0.39 is 0 Å². The summed E-state index contributed by atoms with van der Waals surface area (Å²) in [5, 5.41) is 0.982. The van der Waals surface area contributed by atoms with Crippen molar-refractivity contribution in [2.24, 2.45) is 0 Å². The van der Waals surface area contributed by atoms with E-state index in [1.54, 1.807) is 18.5 Å². The fraction of sp³-hybridized carbons (Fsp3) is 0. The van der Waals surface area contributed by atoms with Crippen LogP contribution < -0.4 is 5.56 Å². The number of nitrogens with one attached hydrogen (secondary N) is 2. The van der Waals surface area contributed by atoms with Crippen LogP contribution in [0.15, 0.2) is 23.3 Å². The summed E-state index contributed by atoms with van der Waals surface area (Å²) < 4.78 is 0. The number of halogens is 1. The zero-order valence-electron chi connectivity index (χ0n) is 5.52. The highest BCUT2D eigenvalue weighted by molar-refractivity contribution is 6.35. The Balaban J connectivity index is 3.08. The normalized spacial score (nSPS) is 10.6. The maximum atomic E-state index is 11.1. The molecule has 4 heteroatoms. The van der Waals surface area contributed by atoms with Gasteiger partial charge in [-0.1, -0.05) is 11.6 Å². The van der Waals surface area contributed by atoms with Crippen molar-refractivity contribution in [3.05, 3.63) is 33.8 Å². The van der Waals surface area contributed by atoms with Crippen molar-refractivity contribution >= 4 is 22.5 Å². The Morgan fingerprint density at radius 1 is 1.36 bits per heavy atom. The molecule has 56 valence electrons. The minimum atomic E-state index is -0.159. The highest BCUT2D eigenvalue weighted by atomic mass is 35.5. The van der Waals surface area contributed by atoms with E-state index in [1.807, 2.05) is 0 Å². The fourth-order valence-electron chi connectivity index (χ4n) is 1.05. The molecule has 2 aromatic rings. The summed E-state index contributed by atoms with van der Waals surface area (Å²) in [4.78, 5) is 16.5. The molecule has 2 rings (SSSR count). The third-order valence-corrected chi connectivity index (χ3v) is 1.85. The second-order valence-electron chi connectivity index (χ2n) is 2.23. The lowest BCUT2D eigenvalue weighted by atomic mass is 10.3. The van der Waals surface area contributed by atoms with Gasteiger partial charge >= 0.3 is 0 Å². The van der Waals surface area contributed by atoms with Crippen LogP contribution in [-0.2, 0) is 0 Å². The van der Waals surface area contributed by atoms with Crippen LogP contribution in [0.4, 0.5) is 0 Å². The SMILES string of the molecule is O=c1[nH]ccc2[nH]cc(Cl)c12. The fourth-order valence-corrected chi connectivity index (χ4v) is 1.29. The topological polar surface area (TPSA) is 48.6 Å². The molecular weight excluding hydrogens is 164 g/mol. The van der Waals surface area contributed by atoms with E-state index >= 15 is 0 Å². The third-order valence-electron chi connectivity index (χ3n) is 1.55. The molecule has 2 aromatic heterocycles. The van der Waals surface area contributed by atoms with Crippen molar-refractivity contribution in [1.29, 1.82) is 0 Å². The van der Waals surface area contributed by atoms with Crippen molar-refractivity contribution in [3.63, 3.8) is 0 Å². The average molecular weight is 169 g/mol. The molecule has 0 fully saturated rings. The van der Waals surface area contributed by atoms with Gasteiger partial charge in [0.25, 0.3) is 5.56 Å². The van der Waals surface area contributed by atoms with E-state index in [-0.39, 0.29) is 5.56 Å². The first-order valence-electron chi connectivity index (χ1n) is 3.13. The van der Waals surface area contributed by atoms with Gasteiger partial charge in [-0.15, -0.1) is 0 Å². The molecule has 0 unspecified atom stereocenters. The highest BCUT2D eigenvalue weighted by Crippen LogP contribution is 2.17. The molecule has 2 heterocycles. The van der Waals surface area contributed by atoms with Gasteiger partial charge in [0.05, 0.1) is 15.9 Å². The summed E-state index contributed by atoms with van der Waals surface area (Å²) in [6.07, 6.45) is 3.18. The Hall–Kier alpha value is -1.22. The van der Waals surface area contributed by atoms with Crippen LogP contribution in [0.3, 0.4) is 0 Å². The van der Waals surface area contributed by atoms with Gasteiger partial charge in [0.2, 0.25) is 0 Å². The van der Waals surface area contributed by atoms with Gasteiger partial charge in [0.15, 0.2) is 0 Å². The second kappa shape index (κ2) is 2.13. The number of hydrogen-bond acceptors (Lipinski definition) is 1. The second-order valence-corrected chi connectivity index (χ2v) is 2.64. The Labute approximate surface area is 67.0 Å². The van der Waals surface area contributed by atoms with Gasteiger partial charge in [-0.05, 0) is 6.07 Å². The smallest absolute Gasteiger partial charge is 0.258 e. The first-order valence-corrected chi connectivity index (χ1v) is 3.51. The molecule has 0 aromatic carbocycles. The van der Waals surface area contributed by atoms with Crippen molar-refractivity contribution < 1.29 is 0 Å². The Morgan fingerprint density at radius 2 is 2.18 bits per heavy atom. The summed E-state index contributed by atoms with van der Waals surface area (Å²) >= 11 is 5.73. The quantitative estimate of drug-likeness (QED) is 0.616. The Kier molecular flexibility index (Phi) is 1.26. The summed E-state index contributed by atoms with van der Waals surface area (Å²) in [5.41, 5.74) is 0.604. The molecule has 0 atom stereocenters. The first kappa shape index (κ1) is 6.49. The van der Waals surface area contributed by atoms with Gasteiger partial charge in [-0.3, -0.25) is 4.79 Å². The Morgan fingerprint density at radius 3 is 2.91 bits per heavy atom. The first-order chi connectivity index (χ1) is 5.29. The van der Waals surface area contributed by atoms with Crippen molar-refractivity contribution in [2.75, 3.05) is 0 Å². The van der Waals surface area contributed by atoms with Gasteiger partial charge < -0.3 is 9.97 Å². The predicted octanol–water partition coefficient (Wildman–Crippen LogP) is 1.51. The molecule has 0 bridgehead atoms. The molecule has 0 saturated heterocycles. The number of fused-ring (bicyclic) bond motifs is 1. The molecule has 0 saturated carbocycles. The lowest BCUT2D eigenvalue weighted by Gasteiger charge is -1.85. The third kappa shape index (κ3) is 0.851. The molecule has 0 aliphatic carbocycles. The summed E-state index contributed by atoms with van der Waals surface area (Å²) in [7, 11) is 0. The number of rotatable bonds is 0. The van der Waals surface area contributed by atoms with E-state index in [9.17, 15) is 4.79 Å². The summed E-state index contributed by atoms with van der Waals surface area (Å²) in [5.74, 6) is 0. The van der Waals surface area contributed by atoms with Gasteiger partial charge in [0.1, 0.15) is 0 Å². The van der Waals surface area contributed by atoms with E-state index in [2.05, 4.69) is 9.97 Å². The van der Waals surface area contributed by atoms with Crippen LogP contribution in [-0.4, -0.2) is 9.97 Å². The lowest BCUT2D eigenvalue weighted by molar-refractivity contribution is 1.27. The number of H-pyrrole nitrogens is 2. The molecule has 0 aliphatic heterocycles. The van der Waals surface area contributed by atoms with Crippen LogP contribution in [0.2, 0.25) is 5.02 Å². The molecular formula is C7H5ClN2O. The van der Waals surface area contributed by atoms with Crippen LogP contribution in [0.5, 0.6) is 0 Å². The zero-order valence-corrected chi connectivity index (χ0v) is 6.27. The van der Waals surface area contributed by atoms with E-state index in [4.69, 9.17) is 11.6 Å². The number of hydrogen-bond donors (Lipinski definition) is 2. The van der Waals surface area contributed by atoms with Crippen molar-refractivity contribution in [1.82, 2.24) is 9.97 Å². The van der Waals surface area contributed by atoms with Crippen LogP contribution in [0, 0.1) is 0 Å². The van der Waals surface area contributed by atoms with E-state index in [0.717, 1.165) is 5.52 Å². The minimum absolute atomic E-state index is 0.159. The number of aromatic amines is 2.